The highest BCUT2D eigenvalue weighted by Crippen LogP contribution is 2.41. The van der Waals surface area contributed by atoms with Crippen molar-refractivity contribution in [2.24, 2.45) is 5.92 Å². The van der Waals surface area contributed by atoms with E-state index in [1.807, 2.05) is 95.7 Å². The summed E-state index contributed by atoms with van der Waals surface area (Å²) in [5.74, 6) is -7.28. The maximum atomic E-state index is 13.1. The second-order valence-electron chi connectivity index (χ2n) is 31.2. The Labute approximate surface area is 788 Å². The first-order valence-corrected chi connectivity index (χ1v) is 48.1. The number of H-pyrrole nitrogens is 1. The van der Waals surface area contributed by atoms with Gasteiger partial charge in [0.2, 0.25) is 0 Å². The number of halogens is 7. The molecule has 37 nitrogen and oxygen atoms in total. The van der Waals surface area contributed by atoms with E-state index in [0.717, 1.165) is 65.2 Å². The van der Waals surface area contributed by atoms with E-state index in [0.29, 0.717) is 131 Å². The zero-order chi connectivity index (χ0) is 99.6. The highest BCUT2D eigenvalue weighted by atomic mass is 35.5. The third-order valence-corrected chi connectivity index (χ3v) is 25.5. The Morgan fingerprint density at radius 3 is 1.40 bits per heavy atom. The van der Waals surface area contributed by atoms with Gasteiger partial charge in [-0.25, -0.2) is 29.4 Å². The summed E-state index contributed by atoms with van der Waals surface area (Å²) in [6.07, 6.45) is 7.75. The quantitative estimate of drug-likeness (QED) is 0.00582. The molecule has 8 aliphatic rings. The lowest BCUT2D eigenvalue weighted by atomic mass is 9.81. The number of Topliss-reactive ketones (excluding diaryl/α,β-unsaturated/α-hetero) is 5. The van der Waals surface area contributed by atoms with Crippen LogP contribution in [0.2, 0.25) is 0 Å². The number of fused-ring (bicyclic) bond motifs is 4. The van der Waals surface area contributed by atoms with Crippen LogP contribution in [-0.4, -0.2) is 205 Å². The summed E-state index contributed by atoms with van der Waals surface area (Å²) < 4.78 is 206. The molecule has 4 fully saturated rings. The number of nitrogens with one attached hydrogen (secondary N) is 3. The monoisotopic (exact) mass is 2000 g/mol. The molecule has 6 heterocycles. The molecule has 137 heavy (non-hydrogen) atoms. The number of nitrogens with zero attached hydrogens (tertiary/aromatic N) is 7. The summed E-state index contributed by atoms with van der Waals surface area (Å²) >= 11 is 5.19. The van der Waals surface area contributed by atoms with Crippen molar-refractivity contribution in [1.82, 2.24) is 49.3 Å². The molecule has 2 saturated heterocycles. The molecule has 2 aliphatic heterocycles. The number of benzene rings is 4. The fourth-order valence-electron chi connectivity index (χ4n) is 15.1. The lowest BCUT2D eigenvalue weighted by Crippen LogP contribution is -2.45. The molecule has 16 rings (SSSR count). The van der Waals surface area contributed by atoms with Crippen LogP contribution < -0.4 is 10.4 Å². The smallest absolute Gasteiger partial charge is 0.461 e. The van der Waals surface area contributed by atoms with Gasteiger partial charge in [0.1, 0.15) is 34.7 Å². The van der Waals surface area contributed by atoms with Gasteiger partial charge in [0.05, 0.1) is 89.1 Å². The van der Waals surface area contributed by atoms with Crippen molar-refractivity contribution in [1.29, 1.82) is 0 Å². The van der Waals surface area contributed by atoms with E-state index in [4.69, 9.17) is 49.7 Å². The Morgan fingerprint density at radius 1 is 0.482 bits per heavy atom. The van der Waals surface area contributed by atoms with Crippen LogP contribution >= 0.6 is 11.8 Å². The number of rotatable bonds is 24. The molecule has 4 aromatic heterocycles. The van der Waals surface area contributed by atoms with Crippen molar-refractivity contribution in [3.8, 4) is 0 Å². The van der Waals surface area contributed by atoms with Gasteiger partial charge in [-0.3, -0.25) is 38.4 Å². The molecule has 0 bridgehead atoms. The SMILES string of the molecule is CCOC(=O)C(=O)C1CC2(CCC1=O)OCCO2.CCOC(=O)c1n[nH]c2c1CC(=O)CC2.CCOC(=O)c1nn(Cc2ccccc2)c2c1C=C(OS(=O)(=O)C(F)(F)F)CC2.CCOC(=O)c1nn(Cc2ccccc2)c2c1CC(=O)CC2.CCOC(=O)c1nn(S(=O)(=O)c2ccc(C)cc2)c2c1C=C(OS(=O)(=O)C(F)(F)F)CC2.ClNNCc1ccccc1.O=C1CCC2(CC1)OCCO2. The zero-order valence-corrected chi connectivity index (χ0v) is 78.4. The zero-order valence-electron chi connectivity index (χ0n) is 75.2. The Balaban J connectivity index is 0.000000170. The average Bonchev–Trinajstić information content (AvgIpc) is 1.61. The van der Waals surface area contributed by atoms with E-state index in [-0.39, 0.29) is 121 Å². The first-order valence-electron chi connectivity index (χ1n) is 43.5. The number of aromatic amines is 1. The van der Waals surface area contributed by atoms with Crippen LogP contribution in [0.5, 0.6) is 0 Å². The topological polar surface area (TPSA) is 481 Å². The Bertz CT molecular complexity index is 6070. The number of alkyl halides is 6. The lowest BCUT2D eigenvalue weighted by molar-refractivity contribution is -0.191. The van der Waals surface area contributed by atoms with Gasteiger partial charge in [-0.2, -0.15) is 75.9 Å². The Morgan fingerprint density at radius 2 is 0.905 bits per heavy atom. The van der Waals surface area contributed by atoms with Crippen LogP contribution in [0, 0.1) is 12.8 Å². The van der Waals surface area contributed by atoms with Crippen LogP contribution in [-0.2, 0) is 168 Å². The summed E-state index contributed by atoms with van der Waals surface area (Å²) in [4.78, 5) is 119. The number of hydrazine groups is 1. The third kappa shape index (κ3) is 28.4. The molecule has 2 saturated carbocycles. The molecular formula is C90H101ClF6N10O27S3. The number of hydrogen-bond acceptors (Lipinski definition) is 33. The fourth-order valence-corrected chi connectivity index (χ4v) is 17.5. The summed E-state index contributed by atoms with van der Waals surface area (Å²) in [7, 11) is -16.0. The van der Waals surface area contributed by atoms with Gasteiger partial charge in [0.25, 0.3) is 15.8 Å². The van der Waals surface area contributed by atoms with Gasteiger partial charge in [-0.15, -0.1) is 5.10 Å². The first kappa shape index (κ1) is 107. The number of carbonyl (C=O) groups excluding carboxylic acids is 10. The van der Waals surface area contributed by atoms with Gasteiger partial charge in [-0.1, -0.05) is 109 Å². The average molecular weight is 2000 g/mol. The van der Waals surface area contributed by atoms with Crippen LogP contribution in [0.1, 0.15) is 214 Å². The van der Waals surface area contributed by atoms with Gasteiger partial charge in [0.15, 0.2) is 34.3 Å². The largest absolute Gasteiger partial charge is 0.534 e. The minimum atomic E-state index is -5.94. The number of carbonyl (C=O) groups is 10. The van der Waals surface area contributed by atoms with Gasteiger partial charge >= 0.3 is 61.1 Å². The summed E-state index contributed by atoms with van der Waals surface area (Å²) in [5.41, 5.74) is -0.584. The minimum absolute atomic E-state index is 0.0228. The first-order chi connectivity index (χ1) is 65.1. The van der Waals surface area contributed by atoms with Crippen LogP contribution in [0.15, 0.2) is 132 Å². The van der Waals surface area contributed by atoms with E-state index >= 15 is 0 Å². The highest BCUT2D eigenvalue weighted by Gasteiger charge is 2.52. The van der Waals surface area contributed by atoms with Crippen LogP contribution in [0.3, 0.4) is 0 Å². The predicted molar refractivity (Wildman–Crippen MR) is 472 cm³/mol. The molecule has 3 N–H and O–H groups in total. The molecular weight excluding hydrogens is 1900 g/mol. The van der Waals surface area contributed by atoms with Crippen LogP contribution in [0.4, 0.5) is 26.3 Å². The Kier molecular flexibility index (Phi) is 37.8. The second-order valence-corrected chi connectivity index (χ2v) is 36.2. The molecule has 0 amide bonds. The van der Waals surface area contributed by atoms with Crippen molar-refractivity contribution in [3.63, 3.8) is 0 Å². The van der Waals surface area contributed by atoms with Crippen LogP contribution in [0.25, 0.3) is 12.2 Å². The van der Waals surface area contributed by atoms with Crippen molar-refractivity contribution in [2.75, 3.05) is 59.5 Å². The number of esters is 5. The van der Waals surface area contributed by atoms with Crippen molar-refractivity contribution in [2.45, 2.75) is 198 Å². The summed E-state index contributed by atoms with van der Waals surface area (Å²) in [5, 5.41) is 19.2. The van der Waals surface area contributed by atoms with Gasteiger partial charge in [-0.05, 0) is 120 Å². The fraction of sp³-hybridized carbons (Fsp3) is 0.444. The number of aromatic nitrogens is 8. The van der Waals surface area contributed by atoms with E-state index in [1.165, 1.54) is 24.6 Å². The normalized spacial score (nSPS) is 16.8. The van der Waals surface area contributed by atoms with Gasteiger partial charge < -0.3 is 51.0 Å². The minimum Gasteiger partial charge on any atom is -0.461 e. The van der Waals surface area contributed by atoms with Crippen molar-refractivity contribution >= 4 is 113 Å². The van der Waals surface area contributed by atoms with Gasteiger partial charge in [0, 0.05) is 129 Å². The molecule has 0 radical (unpaired) electrons. The molecule has 2 spiro atoms. The molecule has 740 valence electrons. The molecule has 47 heteroatoms. The maximum Gasteiger partial charge on any atom is 0.534 e. The summed E-state index contributed by atoms with van der Waals surface area (Å²) in [6.45, 7) is 14.6. The number of hydrogen-bond donors (Lipinski definition) is 3. The second kappa shape index (κ2) is 48.3. The maximum absolute atomic E-state index is 13.1. The third-order valence-electron chi connectivity index (χ3n) is 21.7. The summed E-state index contributed by atoms with van der Waals surface area (Å²) in [6, 6.07) is 35.0. The Hall–Kier alpha value is -12.0. The highest BCUT2D eigenvalue weighted by molar-refractivity contribution is 7.90. The van der Waals surface area contributed by atoms with Crippen molar-refractivity contribution < 1.29 is 151 Å². The molecule has 1 unspecified atom stereocenters. The van der Waals surface area contributed by atoms with E-state index < -0.39 is 106 Å². The number of allylic oxidation sites excluding steroid dienone is 2. The van der Waals surface area contributed by atoms with E-state index in [2.05, 4.69) is 49.0 Å². The molecule has 4 aromatic carbocycles. The number of ether oxygens (including phenoxy) is 9. The van der Waals surface area contributed by atoms with Crippen molar-refractivity contribution in [3.05, 3.63) is 217 Å². The molecule has 8 aromatic rings. The number of ketones is 5. The lowest BCUT2D eigenvalue weighted by Gasteiger charge is -2.34. The standard InChI is InChI=1S/C18H17F3N2O7S2.C18H17F3N2O5S.C17H18N2O3.C12H16O6.C10H12N2O3.C8H12O3.C7H9ClN2/c1-3-29-17(24)16-14-10-12(30-32(27,28)18(19,20)21)6-9-15(14)23(22-16)31(25,26)13-7-4-11(2)5-8-13;1-2-27-17(24)16-14-10-13(28-29(25,26)18(19,20)21)8-9-15(14)23(22-16)11-12-6-4-3-5-7-12;1-2-22-17(21)16-14-10-13(20)8-9-15(14)19(18-16)11-12-6-4-3-5-7-12;1-2-16-11(15)10(14)8-7-12(4-3-9(8)13)17-5-6-18-12;1-2-15-10(14)9-7-5-6(13)3-4-8(7)11-12-9;9-7-1-3-8(4-2-7)10-5-6-11-8;8-10-9-6-7-4-2-1-3-5-7/h4-5,7-8,10H,3,6,9H2,1-2H3;3-7,10H,2,8-9,11H2,1H3;3-7H,2,8-11H2,1H3;8H,2-7H2,1H3;2-5H2,1H3,(H,11,12);1-6H2;1-5,9-10H,6H2. The van der Waals surface area contributed by atoms with E-state index in [9.17, 15) is 99.5 Å². The van der Waals surface area contributed by atoms with E-state index in [1.54, 1.807) is 51.4 Å². The number of aryl methyl sites for hydroxylation is 2. The molecule has 1 atom stereocenters. The molecule has 6 aliphatic carbocycles. The predicted octanol–water partition coefficient (Wildman–Crippen LogP) is 11.4.